The minimum Gasteiger partial charge on any atom is -0.449 e. The minimum absolute atomic E-state index is 0.0295. The summed E-state index contributed by atoms with van der Waals surface area (Å²) in [5.74, 6) is -0.656. The highest BCUT2D eigenvalue weighted by Crippen LogP contribution is 2.21. The Morgan fingerprint density at radius 1 is 1.08 bits per heavy atom. The molecule has 0 aromatic carbocycles. The number of rotatable bonds is 23. The van der Waals surface area contributed by atoms with Crippen LogP contribution in [0.3, 0.4) is 0 Å². The van der Waals surface area contributed by atoms with Gasteiger partial charge in [-0.05, 0) is 12.5 Å². The number of ether oxygens (including phenoxy) is 5. The van der Waals surface area contributed by atoms with Crippen molar-refractivity contribution in [1.29, 1.82) is 0 Å². The van der Waals surface area contributed by atoms with Gasteiger partial charge in [-0.15, -0.1) is 0 Å². The number of aldehydes is 1. The summed E-state index contributed by atoms with van der Waals surface area (Å²) in [5, 5.41) is 8.70. The molecule has 2 atom stereocenters. The summed E-state index contributed by atoms with van der Waals surface area (Å²) >= 11 is 0. The molecule has 0 bridgehead atoms. The molecule has 0 heterocycles. The highest BCUT2D eigenvalue weighted by atomic mass is 32.2. The average molecular weight is 568 g/mol. The lowest BCUT2D eigenvalue weighted by molar-refractivity contribution is -0.122. The van der Waals surface area contributed by atoms with E-state index in [1.54, 1.807) is 20.8 Å². The number of hydrogen-bond donors (Lipinski definition) is 2. The maximum atomic E-state index is 12.2. The van der Waals surface area contributed by atoms with Gasteiger partial charge >= 0.3 is 6.09 Å². The van der Waals surface area contributed by atoms with Crippen LogP contribution in [0.1, 0.15) is 33.6 Å². The number of carbonyl (C=O) groups excluding carboxylic acids is 3. The van der Waals surface area contributed by atoms with E-state index in [1.807, 2.05) is 0 Å². The predicted molar refractivity (Wildman–Crippen MR) is 137 cm³/mol. The fraction of sp³-hybridized carbons (Fsp3) is 0.864. The summed E-state index contributed by atoms with van der Waals surface area (Å²) in [6.45, 7) is 7.01. The molecule has 0 radical (unpaired) electrons. The molecule has 0 aliphatic rings. The van der Waals surface area contributed by atoms with Gasteiger partial charge in [0.15, 0.2) is 6.23 Å². The first-order valence-electron chi connectivity index (χ1n) is 12.2. The third-order valence-electron chi connectivity index (χ3n) is 4.93. The van der Waals surface area contributed by atoms with Crippen molar-refractivity contribution in [2.45, 2.75) is 45.9 Å². The number of hydrogen-bond acceptors (Lipinski definition) is 11. The predicted octanol–water partition coefficient (Wildman–Crippen LogP) is 0.970. The molecule has 2 N–H and O–H groups in total. The molecule has 0 rings (SSSR count). The molecule has 2 amide bonds. The van der Waals surface area contributed by atoms with Crippen molar-refractivity contribution < 1.29 is 46.5 Å². The second-order valence-corrected chi connectivity index (χ2v) is 11.0. The maximum Gasteiger partial charge on any atom is 0.407 e. The molecule has 0 aromatic rings. The van der Waals surface area contributed by atoms with Crippen LogP contribution in [0.25, 0.3) is 10.4 Å². The molecule has 0 aromatic heterocycles. The third kappa shape index (κ3) is 19.6. The number of carbonyl (C=O) groups is 3. The van der Waals surface area contributed by atoms with Gasteiger partial charge in [0, 0.05) is 42.6 Å². The van der Waals surface area contributed by atoms with E-state index in [9.17, 15) is 22.8 Å². The SMILES string of the molecule is CCOC(COCCOCCOCCC(=O)NCC(C)(C)C(CS(C)(=O)=O)NC(=O)OCCC=O)N=[N+]=[N-]. The van der Waals surface area contributed by atoms with E-state index in [4.69, 9.17) is 29.2 Å². The molecule has 15 nitrogen and oxygen atoms in total. The van der Waals surface area contributed by atoms with E-state index in [1.165, 1.54) is 0 Å². The summed E-state index contributed by atoms with van der Waals surface area (Å²) in [6, 6.07) is -0.844. The Kier molecular flexibility index (Phi) is 19.1. The van der Waals surface area contributed by atoms with Gasteiger partial charge in [-0.25, -0.2) is 13.2 Å². The van der Waals surface area contributed by atoms with Crippen molar-refractivity contribution >= 4 is 28.1 Å². The lowest BCUT2D eigenvalue weighted by atomic mass is 9.85. The summed E-state index contributed by atoms with van der Waals surface area (Å²) in [4.78, 5) is 37.2. The Hall–Kier alpha value is -2.49. The van der Waals surface area contributed by atoms with Crippen molar-refractivity contribution in [3.8, 4) is 0 Å². The van der Waals surface area contributed by atoms with Crippen molar-refractivity contribution in [2.24, 2.45) is 10.5 Å². The summed E-state index contributed by atoms with van der Waals surface area (Å²) in [7, 11) is -3.46. The fourth-order valence-corrected chi connectivity index (χ4v) is 3.98. The second kappa shape index (κ2) is 20.5. The fourth-order valence-electron chi connectivity index (χ4n) is 2.84. The monoisotopic (exact) mass is 567 g/mol. The zero-order chi connectivity index (χ0) is 28.9. The quantitative estimate of drug-likeness (QED) is 0.0588. The Bertz CT molecular complexity index is 849. The second-order valence-electron chi connectivity index (χ2n) is 8.81. The van der Waals surface area contributed by atoms with Crippen LogP contribution in [0.2, 0.25) is 0 Å². The Morgan fingerprint density at radius 3 is 2.29 bits per heavy atom. The highest BCUT2D eigenvalue weighted by Gasteiger charge is 2.34. The Balaban J connectivity index is 4.23. The summed E-state index contributed by atoms with van der Waals surface area (Å²) < 4.78 is 49.8. The van der Waals surface area contributed by atoms with E-state index in [0.717, 1.165) is 6.26 Å². The first kappa shape index (κ1) is 35.5. The van der Waals surface area contributed by atoms with Gasteiger partial charge in [0.2, 0.25) is 5.91 Å². The molecular weight excluding hydrogens is 526 g/mol. The lowest BCUT2D eigenvalue weighted by Gasteiger charge is -2.34. The largest absolute Gasteiger partial charge is 0.449 e. The van der Waals surface area contributed by atoms with Gasteiger partial charge in [-0.2, -0.15) is 0 Å². The number of alkyl carbamates (subject to hydrolysis) is 1. The van der Waals surface area contributed by atoms with Crippen molar-refractivity contribution in [1.82, 2.24) is 10.6 Å². The van der Waals surface area contributed by atoms with E-state index in [-0.39, 0.29) is 64.1 Å². The van der Waals surface area contributed by atoms with Crippen LogP contribution in [-0.2, 0) is 43.1 Å². The zero-order valence-corrected chi connectivity index (χ0v) is 23.4. The van der Waals surface area contributed by atoms with E-state index >= 15 is 0 Å². The van der Waals surface area contributed by atoms with Crippen molar-refractivity contribution in [2.75, 3.05) is 71.4 Å². The van der Waals surface area contributed by atoms with Gasteiger partial charge in [-0.3, -0.25) is 4.79 Å². The molecule has 0 aliphatic carbocycles. The molecule has 0 saturated heterocycles. The van der Waals surface area contributed by atoms with Crippen LogP contribution >= 0.6 is 0 Å². The normalized spacial score (nSPS) is 13.2. The van der Waals surface area contributed by atoms with Crippen molar-refractivity contribution in [3.05, 3.63) is 10.4 Å². The molecule has 0 spiro atoms. The lowest BCUT2D eigenvalue weighted by Crippen LogP contribution is -2.53. The summed E-state index contributed by atoms with van der Waals surface area (Å²) in [6.07, 6.45) is 0.236. The topological polar surface area (TPSA) is 204 Å². The first-order chi connectivity index (χ1) is 17.9. The molecule has 38 heavy (non-hydrogen) atoms. The number of sulfone groups is 1. The van der Waals surface area contributed by atoms with Crippen LogP contribution < -0.4 is 10.6 Å². The smallest absolute Gasteiger partial charge is 0.407 e. The molecule has 0 saturated carbocycles. The summed E-state index contributed by atoms with van der Waals surface area (Å²) in [5.41, 5.74) is 7.61. The van der Waals surface area contributed by atoms with Crippen LogP contribution in [0, 0.1) is 5.41 Å². The van der Waals surface area contributed by atoms with Crippen LogP contribution in [0.4, 0.5) is 4.79 Å². The Morgan fingerprint density at radius 2 is 1.71 bits per heavy atom. The number of azide groups is 1. The van der Waals surface area contributed by atoms with Gasteiger partial charge in [0.25, 0.3) is 0 Å². The zero-order valence-electron chi connectivity index (χ0n) is 22.5. The van der Waals surface area contributed by atoms with Crippen LogP contribution in [-0.4, -0.2) is 110 Å². The van der Waals surface area contributed by atoms with Gasteiger partial charge in [0.05, 0.1) is 58.0 Å². The maximum absolute atomic E-state index is 12.2. The molecule has 16 heteroatoms. The first-order valence-corrected chi connectivity index (χ1v) is 14.2. The molecule has 2 unspecified atom stereocenters. The van der Waals surface area contributed by atoms with E-state index in [2.05, 4.69) is 20.7 Å². The van der Waals surface area contributed by atoms with E-state index < -0.39 is 33.6 Å². The van der Waals surface area contributed by atoms with Gasteiger partial charge in [0.1, 0.15) is 16.1 Å². The van der Waals surface area contributed by atoms with Gasteiger partial charge < -0.3 is 39.1 Å². The minimum atomic E-state index is -3.46. The standard InChI is InChI=1S/C22H41N5O10S/c1-5-36-20(26-27-23)15-35-14-13-34-12-11-33-10-7-19(29)24-17-22(2,3)18(16-38(4,31)32)25-21(30)37-9-6-8-28/h8,18,20H,5-7,9-17H2,1-4H3,(H,24,29)(H,25,30). The molecule has 0 fully saturated rings. The number of amides is 2. The molecular formula is C22H41N5O10S. The van der Waals surface area contributed by atoms with Crippen LogP contribution in [0.15, 0.2) is 5.11 Å². The van der Waals surface area contributed by atoms with E-state index in [0.29, 0.717) is 26.1 Å². The number of nitrogens with one attached hydrogen (secondary N) is 2. The third-order valence-corrected chi connectivity index (χ3v) is 5.87. The highest BCUT2D eigenvalue weighted by molar-refractivity contribution is 7.90. The average Bonchev–Trinajstić information content (AvgIpc) is 2.83. The molecule has 0 aliphatic heterocycles. The van der Waals surface area contributed by atoms with Gasteiger partial charge in [-0.1, -0.05) is 19.0 Å². The number of nitrogens with zero attached hydrogens (tertiary/aromatic N) is 3. The van der Waals surface area contributed by atoms with Crippen LogP contribution in [0.5, 0.6) is 0 Å². The Labute approximate surface area is 223 Å². The molecule has 220 valence electrons. The van der Waals surface area contributed by atoms with Crippen molar-refractivity contribution in [3.63, 3.8) is 0 Å².